The van der Waals surface area contributed by atoms with Crippen LogP contribution in [-0.2, 0) is 11.2 Å². The van der Waals surface area contributed by atoms with Crippen LogP contribution in [0.25, 0.3) is 0 Å². The molecule has 0 bridgehead atoms. The molecule has 0 radical (unpaired) electrons. The zero-order valence-electron chi connectivity index (χ0n) is 12.1. The van der Waals surface area contributed by atoms with Crippen LogP contribution < -0.4 is 5.32 Å². The van der Waals surface area contributed by atoms with Crippen LogP contribution >= 0.6 is 12.6 Å². The Morgan fingerprint density at radius 3 is 2.37 bits per heavy atom. The van der Waals surface area contributed by atoms with Crippen LogP contribution in [0, 0.1) is 5.92 Å². The number of rotatable bonds is 7. The van der Waals surface area contributed by atoms with Crippen LogP contribution in [-0.4, -0.2) is 18.2 Å². The van der Waals surface area contributed by atoms with Crippen LogP contribution in [0.5, 0.6) is 0 Å². The van der Waals surface area contributed by atoms with E-state index in [1.54, 1.807) is 0 Å². The van der Waals surface area contributed by atoms with Gasteiger partial charge in [-0.05, 0) is 42.6 Å². The molecular weight excluding hydrogens is 254 g/mol. The second kappa shape index (κ2) is 8.26. The third kappa shape index (κ3) is 5.68. The van der Waals surface area contributed by atoms with E-state index >= 15 is 0 Å². The molecule has 0 spiro atoms. The predicted octanol–water partition coefficient (Wildman–Crippen LogP) is 3.42. The van der Waals surface area contributed by atoms with Gasteiger partial charge in [-0.15, -0.1) is 0 Å². The van der Waals surface area contributed by atoms with E-state index in [-0.39, 0.29) is 11.8 Å². The Bertz CT molecular complexity index is 386. The number of carbonyl (C=O) groups is 1. The Hall–Kier alpha value is -0.960. The summed E-state index contributed by atoms with van der Waals surface area (Å²) in [6.45, 7) is 7.09. The van der Waals surface area contributed by atoms with E-state index in [0.29, 0.717) is 12.5 Å². The molecule has 1 N–H and O–H groups in total. The summed E-state index contributed by atoms with van der Waals surface area (Å²) < 4.78 is 0. The molecule has 0 aliphatic carbocycles. The van der Waals surface area contributed by atoms with E-state index < -0.39 is 0 Å². The molecule has 1 unspecified atom stereocenters. The van der Waals surface area contributed by atoms with Crippen LogP contribution in [0.4, 0.5) is 0 Å². The number of hydrogen-bond acceptors (Lipinski definition) is 2. The van der Waals surface area contributed by atoms with Gasteiger partial charge in [-0.1, -0.05) is 38.1 Å². The van der Waals surface area contributed by atoms with Crippen LogP contribution in [0.3, 0.4) is 0 Å². The molecule has 0 saturated heterocycles. The molecule has 0 aromatic heterocycles. The number of benzene rings is 1. The first-order valence-corrected chi connectivity index (χ1v) is 7.65. The van der Waals surface area contributed by atoms with E-state index in [9.17, 15) is 4.79 Å². The molecule has 0 aliphatic heterocycles. The number of hydrogen-bond donors (Lipinski definition) is 2. The first-order valence-electron chi connectivity index (χ1n) is 7.02. The van der Waals surface area contributed by atoms with Gasteiger partial charge in [0.2, 0.25) is 5.91 Å². The Morgan fingerprint density at radius 1 is 1.21 bits per heavy atom. The van der Waals surface area contributed by atoms with Crippen molar-refractivity contribution < 1.29 is 4.79 Å². The number of nitrogens with one attached hydrogen (secondary N) is 1. The van der Waals surface area contributed by atoms with Crippen molar-refractivity contribution in [2.24, 2.45) is 5.92 Å². The van der Waals surface area contributed by atoms with E-state index in [0.717, 1.165) is 24.2 Å². The van der Waals surface area contributed by atoms with Gasteiger partial charge in [-0.25, -0.2) is 0 Å². The van der Waals surface area contributed by atoms with Crippen molar-refractivity contribution >= 4 is 18.5 Å². The van der Waals surface area contributed by atoms with Crippen LogP contribution in [0.1, 0.15) is 44.2 Å². The Morgan fingerprint density at radius 2 is 1.84 bits per heavy atom. The summed E-state index contributed by atoms with van der Waals surface area (Å²) >= 11 is 4.13. The summed E-state index contributed by atoms with van der Waals surface area (Å²) in [7, 11) is 0. The van der Waals surface area contributed by atoms with E-state index in [1.807, 2.05) is 6.92 Å². The Labute approximate surface area is 122 Å². The van der Waals surface area contributed by atoms with Gasteiger partial charge in [0.25, 0.3) is 0 Å². The number of amides is 1. The highest BCUT2D eigenvalue weighted by Crippen LogP contribution is 2.17. The zero-order chi connectivity index (χ0) is 14.3. The highest BCUT2D eigenvalue weighted by Gasteiger charge is 2.14. The molecule has 1 amide bonds. The summed E-state index contributed by atoms with van der Waals surface area (Å²) in [5.41, 5.74) is 2.41. The molecule has 1 aromatic carbocycles. The van der Waals surface area contributed by atoms with Gasteiger partial charge in [-0.2, -0.15) is 12.6 Å². The maximum Gasteiger partial charge on any atom is 0.227 e. The van der Waals surface area contributed by atoms with Crippen molar-refractivity contribution in [3.63, 3.8) is 0 Å². The van der Waals surface area contributed by atoms with E-state index in [2.05, 4.69) is 56.1 Å². The van der Waals surface area contributed by atoms with Gasteiger partial charge in [0.1, 0.15) is 0 Å². The van der Waals surface area contributed by atoms with Crippen molar-refractivity contribution in [1.29, 1.82) is 0 Å². The quantitative estimate of drug-likeness (QED) is 0.581. The fraction of sp³-hybridized carbons (Fsp3) is 0.562. The lowest BCUT2D eigenvalue weighted by Gasteiger charge is -2.13. The van der Waals surface area contributed by atoms with Gasteiger partial charge in [-0.3, -0.25) is 4.79 Å². The topological polar surface area (TPSA) is 29.1 Å². The zero-order valence-corrected chi connectivity index (χ0v) is 13.0. The summed E-state index contributed by atoms with van der Waals surface area (Å²) in [4.78, 5) is 11.9. The highest BCUT2D eigenvalue weighted by atomic mass is 32.1. The molecule has 0 heterocycles. The molecule has 3 heteroatoms. The molecule has 0 aliphatic rings. The largest absolute Gasteiger partial charge is 0.356 e. The minimum atomic E-state index is -0.0898. The van der Waals surface area contributed by atoms with Gasteiger partial charge in [0.15, 0.2) is 0 Å². The normalized spacial score (nSPS) is 12.5. The summed E-state index contributed by atoms with van der Waals surface area (Å²) in [5.74, 6) is 1.47. The average Bonchev–Trinajstić information content (AvgIpc) is 2.38. The highest BCUT2D eigenvalue weighted by molar-refractivity contribution is 7.80. The number of carbonyl (C=O) groups excluding carboxylic acids is 1. The average molecular weight is 279 g/mol. The fourth-order valence-electron chi connectivity index (χ4n) is 2.01. The molecule has 1 atom stereocenters. The minimum Gasteiger partial charge on any atom is -0.356 e. The molecule has 2 nitrogen and oxygen atoms in total. The first-order chi connectivity index (χ1) is 9.04. The summed E-state index contributed by atoms with van der Waals surface area (Å²) in [5, 5.41) is 2.94. The standard InChI is InChI=1S/C16H25NOS/c1-12(2)11-14-5-7-15(8-6-14)13(3)16(18)17-9-4-10-19/h5-8,12-13,19H,4,9-11H2,1-3H3,(H,17,18). The second-order valence-electron chi connectivity index (χ2n) is 5.43. The van der Waals surface area contributed by atoms with Crippen molar-refractivity contribution in [3.05, 3.63) is 35.4 Å². The minimum absolute atomic E-state index is 0.0898. The lowest BCUT2D eigenvalue weighted by Crippen LogP contribution is -2.29. The van der Waals surface area contributed by atoms with Gasteiger partial charge < -0.3 is 5.32 Å². The van der Waals surface area contributed by atoms with Crippen LogP contribution in [0.2, 0.25) is 0 Å². The van der Waals surface area contributed by atoms with E-state index in [4.69, 9.17) is 0 Å². The Kier molecular flexibility index (Phi) is 7.00. The van der Waals surface area contributed by atoms with Crippen molar-refractivity contribution in [1.82, 2.24) is 5.32 Å². The predicted molar refractivity (Wildman–Crippen MR) is 84.9 cm³/mol. The summed E-state index contributed by atoms with van der Waals surface area (Å²) in [6, 6.07) is 8.40. The summed E-state index contributed by atoms with van der Waals surface area (Å²) in [6.07, 6.45) is 2.00. The second-order valence-corrected chi connectivity index (χ2v) is 5.88. The molecule has 1 rings (SSSR count). The molecule has 0 fully saturated rings. The van der Waals surface area contributed by atoms with Crippen molar-refractivity contribution in [2.75, 3.05) is 12.3 Å². The van der Waals surface area contributed by atoms with Gasteiger partial charge in [0, 0.05) is 6.54 Å². The maximum absolute atomic E-state index is 11.9. The monoisotopic (exact) mass is 279 g/mol. The third-order valence-electron chi connectivity index (χ3n) is 3.15. The smallest absolute Gasteiger partial charge is 0.227 e. The van der Waals surface area contributed by atoms with Gasteiger partial charge >= 0.3 is 0 Å². The SMILES string of the molecule is CC(C)Cc1ccc(C(C)C(=O)NCCCS)cc1. The third-order valence-corrected chi connectivity index (χ3v) is 3.47. The number of thiol groups is 1. The lowest BCUT2D eigenvalue weighted by molar-refractivity contribution is -0.122. The maximum atomic E-state index is 11.9. The fourth-order valence-corrected chi connectivity index (χ4v) is 2.17. The molecule has 19 heavy (non-hydrogen) atoms. The Balaban J connectivity index is 2.56. The molecule has 106 valence electrons. The molecule has 1 aromatic rings. The van der Waals surface area contributed by atoms with Gasteiger partial charge in [0.05, 0.1) is 5.92 Å². The van der Waals surface area contributed by atoms with Crippen molar-refractivity contribution in [3.8, 4) is 0 Å². The molecule has 0 saturated carbocycles. The van der Waals surface area contributed by atoms with Crippen molar-refractivity contribution in [2.45, 2.75) is 39.5 Å². The lowest BCUT2D eigenvalue weighted by atomic mass is 9.96. The first kappa shape index (κ1) is 16.1. The van der Waals surface area contributed by atoms with Crippen LogP contribution in [0.15, 0.2) is 24.3 Å². The van der Waals surface area contributed by atoms with E-state index in [1.165, 1.54) is 5.56 Å². The molecular formula is C16H25NOS.